The van der Waals surface area contributed by atoms with Crippen molar-refractivity contribution in [3.05, 3.63) is 29.8 Å². The lowest BCUT2D eigenvalue weighted by molar-refractivity contribution is 0.0690. The first-order valence-corrected chi connectivity index (χ1v) is 4.18. The van der Waals surface area contributed by atoms with Crippen molar-refractivity contribution in [2.24, 2.45) is 0 Å². The van der Waals surface area contributed by atoms with Gasteiger partial charge in [0.05, 0.1) is 5.56 Å². The number of benzene rings is 1. The molecule has 0 aliphatic heterocycles. The fourth-order valence-corrected chi connectivity index (χ4v) is 0.958. The minimum Gasteiger partial charge on any atom is -0.388 e. The van der Waals surface area contributed by atoms with E-state index < -0.39 is 5.97 Å². The molecule has 1 aromatic carbocycles. The molecular formula is C11H11NO2. The van der Waals surface area contributed by atoms with Crippen molar-refractivity contribution in [2.75, 3.05) is 12.4 Å². The summed E-state index contributed by atoms with van der Waals surface area (Å²) in [5.41, 5.74) is 1.35. The normalized spacial score (nSPS) is 8.43. The largest absolute Gasteiger partial charge is 0.388 e. The number of esters is 1. The molecule has 1 N–H and O–H groups in total. The number of rotatable bonds is 2. The number of nitrogens with one attached hydrogen (secondary N) is 1. The van der Waals surface area contributed by atoms with Crippen LogP contribution in [0.25, 0.3) is 0 Å². The molecule has 0 saturated carbocycles. The van der Waals surface area contributed by atoms with E-state index in [-0.39, 0.29) is 0 Å². The molecule has 1 aromatic rings. The van der Waals surface area contributed by atoms with E-state index in [1.165, 1.54) is 0 Å². The summed E-state index contributed by atoms with van der Waals surface area (Å²) in [4.78, 5) is 11.3. The van der Waals surface area contributed by atoms with Crippen LogP contribution >= 0.6 is 0 Å². The molecule has 3 heteroatoms. The molecule has 1 rings (SSSR count). The van der Waals surface area contributed by atoms with E-state index in [0.717, 1.165) is 5.69 Å². The average Bonchev–Trinajstić information content (AvgIpc) is 2.26. The Labute approximate surface area is 83.1 Å². The highest BCUT2D eigenvalue weighted by atomic mass is 16.5. The van der Waals surface area contributed by atoms with E-state index in [0.29, 0.717) is 5.56 Å². The zero-order chi connectivity index (χ0) is 10.4. The highest BCUT2D eigenvalue weighted by Crippen LogP contribution is 2.10. The minimum atomic E-state index is -0.434. The van der Waals surface area contributed by atoms with Gasteiger partial charge >= 0.3 is 5.97 Å². The third kappa shape index (κ3) is 2.53. The second-order valence-corrected chi connectivity index (χ2v) is 2.57. The van der Waals surface area contributed by atoms with Gasteiger partial charge in [-0.05, 0) is 18.2 Å². The molecule has 0 fully saturated rings. The highest BCUT2D eigenvalue weighted by Gasteiger charge is 2.05. The van der Waals surface area contributed by atoms with Gasteiger partial charge in [-0.25, -0.2) is 4.79 Å². The fourth-order valence-electron chi connectivity index (χ4n) is 0.958. The summed E-state index contributed by atoms with van der Waals surface area (Å²) in [5, 5.41) is 2.93. The smallest absolute Gasteiger partial charge is 0.352 e. The van der Waals surface area contributed by atoms with Crippen LogP contribution in [0.5, 0.6) is 0 Å². The lowest BCUT2D eigenvalue weighted by Gasteiger charge is -2.01. The topological polar surface area (TPSA) is 38.3 Å². The van der Waals surface area contributed by atoms with Crippen molar-refractivity contribution in [3.63, 3.8) is 0 Å². The molecular weight excluding hydrogens is 178 g/mol. The Kier molecular flexibility index (Phi) is 3.57. The Bertz CT molecular complexity index is 388. The molecule has 0 heterocycles. The second-order valence-electron chi connectivity index (χ2n) is 2.57. The summed E-state index contributed by atoms with van der Waals surface area (Å²) in [5.74, 6) is 2.05. The molecule has 3 nitrogen and oxygen atoms in total. The van der Waals surface area contributed by atoms with Crippen LogP contribution in [0.4, 0.5) is 5.69 Å². The van der Waals surface area contributed by atoms with Gasteiger partial charge in [0.2, 0.25) is 0 Å². The first-order valence-electron chi connectivity index (χ1n) is 4.18. The maximum absolute atomic E-state index is 11.3. The average molecular weight is 189 g/mol. The quantitative estimate of drug-likeness (QED) is 0.570. The van der Waals surface area contributed by atoms with Crippen molar-refractivity contribution in [1.82, 2.24) is 0 Å². The van der Waals surface area contributed by atoms with Crippen LogP contribution < -0.4 is 5.32 Å². The monoisotopic (exact) mass is 189 g/mol. The SMILES string of the molecule is CC#COC(=O)c1cccc(NC)c1. The predicted octanol–water partition coefficient (Wildman–Crippen LogP) is 1.87. The molecule has 0 aromatic heterocycles. The Morgan fingerprint density at radius 1 is 1.50 bits per heavy atom. The molecule has 0 radical (unpaired) electrons. The van der Waals surface area contributed by atoms with Crippen LogP contribution in [0.2, 0.25) is 0 Å². The fraction of sp³-hybridized carbons (Fsp3) is 0.182. The van der Waals surface area contributed by atoms with Crippen molar-refractivity contribution in [2.45, 2.75) is 6.92 Å². The van der Waals surface area contributed by atoms with Gasteiger partial charge in [0, 0.05) is 19.7 Å². The third-order valence-electron chi connectivity index (χ3n) is 1.63. The van der Waals surface area contributed by atoms with Gasteiger partial charge in [-0.15, -0.1) is 0 Å². The van der Waals surface area contributed by atoms with Crippen LogP contribution in [0.15, 0.2) is 24.3 Å². The summed E-state index contributed by atoms with van der Waals surface area (Å²) in [7, 11) is 1.79. The number of hydrogen-bond acceptors (Lipinski definition) is 3. The zero-order valence-corrected chi connectivity index (χ0v) is 8.13. The highest BCUT2D eigenvalue weighted by molar-refractivity contribution is 5.91. The van der Waals surface area contributed by atoms with Gasteiger partial charge in [-0.1, -0.05) is 12.0 Å². The number of carbonyl (C=O) groups excluding carboxylic acids is 1. The number of anilines is 1. The van der Waals surface area contributed by atoms with Gasteiger partial charge in [-0.2, -0.15) is 0 Å². The summed E-state index contributed by atoms with van der Waals surface area (Å²) < 4.78 is 4.65. The van der Waals surface area contributed by atoms with Crippen LogP contribution in [-0.4, -0.2) is 13.0 Å². The zero-order valence-electron chi connectivity index (χ0n) is 8.13. The first kappa shape index (κ1) is 10.1. The number of ether oxygens (including phenoxy) is 1. The summed E-state index contributed by atoms with van der Waals surface area (Å²) >= 11 is 0. The Hall–Kier alpha value is -1.95. The summed E-state index contributed by atoms with van der Waals surface area (Å²) in [6, 6.07) is 7.03. The standard InChI is InChI=1S/C11H11NO2/c1-3-7-14-11(13)9-5-4-6-10(8-9)12-2/h4-6,8,12H,1-2H3. The van der Waals surface area contributed by atoms with Crippen molar-refractivity contribution in [1.29, 1.82) is 0 Å². The molecule has 0 atom stereocenters. The molecule has 0 saturated heterocycles. The van der Waals surface area contributed by atoms with Crippen LogP contribution in [0.1, 0.15) is 17.3 Å². The molecule has 0 spiro atoms. The molecule has 0 amide bonds. The van der Waals surface area contributed by atoms with Gasteiger partial charge in [0.15, 0.2) is 0 Å². The number of hydrogen-bond donors (Lipinski definition) is 1. The van der Waals surface area contributed by atoms with Crippen molar-refractivity contribution >= 4 is 11.7 Å². The lowest BCUT2D eigenvalue weighted by atomic mass is 10.2. The molecule has 72 valence electrons. The summed E-state index contributed by atoms with van der Waals surface area (Å²) in [6.07, 6.45) is 2.26. The lowest BCUT2D eigenvalue weighted by Crippen LogP contribution is -2.01. The van der Waals surface area contributed by atoms with E-state index >= 15 is 0 Å². The Balaban J connectivity index is 2.82. The summed E-state index contributed by atoms with van der Waals surface area (Å²) in [6.45, 7) is 1.61. The van der Waals surface area contributed by atoms with Crippen LogP contribution in [-0.2, 0) is 4.74 Å². The first-order chi connectivity index (χ1) is 6.77. The maximum Gasteiger partial charge on any atom is 0.352 e. The van der Waals surface area contributed by atoms with E-state index in [9.17, 15) is 4.79 Å². The second kappa shape index (κ2) is 4.93. The minimum absolute atomic E-state index is 0.434. The van der Waals surface area contributed by atoms with E-state index in [1.54, 1.807) is 32.2 Å². The third-order valence-corrected chi connectivity index (χ3v) is 1.63. The van der Waals surface area contributed by atoms with Gasteiger partial charge in [0.1, 0.15) is 6.11 Å². The van der Waals surface area contributed by atoms with E-state index in [4.69, 9.17) is 0 Å². The number of carbonyl (C=O) groups is 1. The molecule has 0 aliphatic rings. The molecule has 0 bridgehead atoms. The predicted molar refractivity (Wildman–Crippen MR) is 54.9 cm³/mol. The van der Waals surface area contributed by atoms with Crippen LogP contribution in [0, 0.1) is 12.0 Å². The molecule has 0 unspecified atom stereocenters. The Morgan fingerprint density at radius 2 is 2.29 bits per heavy atom. The van der Waals surface area contributed by atoms with Gasteiger partial charge < -0.3 is 10.1 Å². The van der Waals surface area contributed by atoms with E-state index in [2.05, 4.69) is 22.1 Å². The van der Waals surface area contributed by atoms with Crippen molar-refractivity contribution in [3.8, 4) is 12.0 Å². The van der Waals surface area contributed by atoms with Crippen LogP contribution in [0.3, 0.4) is 0 Å². The van der Waals surface area contributed by atoms with E-state index in [1.807, 2.05) is 6.07 Å². The van der Waals surface area contributed by atoms with Gasteiger partial charge in [-0.3, -0.25) is 0 Å². The Morgan fingerprint density at radius 3 is 2.93 bits per heavy atom. The maximum atomic E-state index is 11.3. The van der Waals surface area contributed by atoms with Gasteiger partial charge in [0.25, 0.3) is 0 Å². The molecule has 0 aliphatic carbocycles. The van der Waals surface area contributed by atoms with Crippen molar-refractivity contribution < 1.29 is 9.53 Å². The molecule has 14 heavy (non-hydrogen) atoms.